The molecule has 1 unspecified atom stereocenters. The monoisotopic (exact) mass is 344 g/mol. The number of benzene rings is 2. The number of fused-ring (bicyclic) bond motifs is 1. The first-order valence-electron chi connectivity index (χ1n) is 8.54. The molecular weight excluding hydrogens is 320 g/mol. The summed E-state index contributed by atoms with van der Waals surface area (Å²) in [4.78, 5) is 2.52. The normalized spacial score (nSPS) is 18.5. The lowest BCUT2D eigenvalue weighted by Crippen LogP contribution is -2.45. The van der Waals surface area contributed by atoms with Crippen LogP contribution >= 0.6 is 11.6 Å². The standard InChI is InChI=1S/C13H19ClN2.C7H6O/c1-2-16-8-7-15-10-13(16)12-5-3-11(9-14)4-6-12;1-8-7-3-2-5-4-6(5)7/h3-6,13,15H,2,7-10H2,1H3;2-4H,1H3. The van der Waals surface area contributed by atoms with Crippen LogP contribution in [0.25, 0.3) is 11.1 Å². The Hall–Kier alpha value is -1.55. The van der Waals surface area contributed by atoms with Gasteiger partial charge in [-0.1, -0.05) is 37.3 Å². The Kier molecular flexibility index (Phi) is 5.77. The maximum atomic E-state index is 5.80. The highest BCUT2D eigenvalue weighted by Gasteiger charge is 2.21. The summed E-state index contributed by atoms with van der Waals surface area (Å²) in [5.41, 5.74) is 5.20. The Balaban J connectivity index is 0.000000175. The van der Waals surface area contributed by atoms with Crippen LogP contribution in [0.1, 0.15) is 24.1 Å². The molecule has 2 aliphatic carbocycles. The first kappa shape index (κ1) is 17.3. The minimum absolute atomic E-state index is 0.517. The van der Waals surface area contributed by atoms with Gasteiger partial charge in [0.2, 0.25) is 0 Å². The van der Waals surface area contributed by atoms with Crippen LogP contribution in [-0.2, 0) is 5.88 Å². The van der Waals surface area contributed by atoms with E-state index in [2.05, 4.69) is 53.5 Å². The van der Waals surface area contributed by atoms with Crippen LogP contribution in [0, 0.1) is 0 Å². The molecular formula is C20H25ClN2O. The van der Waals surface area contributed by atoms with Crippen molar-refractivity contribution in [2.75, 3.05) is 33.3 Å². The molecule has 1 N–H and O–H groups in total. The van der Waals surface area contributed by atoms with E-state index in [1.54, 1.807) is 7.11 Å². The average Bonchev–Trinajstić information content (AvgIpc) is 3.33. The van der Waals surface area contributed by atoms with Crippen LogP contribution in [0.15, 0.2) is 42.5 Å². The topological polar surface area (TPSA) is 24.5 Å². The van der Waals surface area contributed by atoms with Gasteiger partial charge < -0.3 is 10.1 Å². The van der Waals surface area contributed by atoms with E-state index in [9.17, 15) is 0 Å². The highest BCUT2D eigenvalue weighted by molar-refractivity contribution is 6.17. The van der Waals surface area contributed by atoms with Gasteiger partial charge in [0.25, 0.3) is 0 Å². The van der Waals surface area contributed by atoms with Gasteiger partial charge in [0.15, 0.2) is 0 Å². The fourth-order valence-electron chi connectivity index (χ4n) is 3.19. The first-order chi connectivity index (χ1) is 11.8. The summed E-state index contributed by atoms with van der Waals surface area (Å²) in [7, 11) is 1.70. The zero-order chi connectivity index (χ0) is 16.9. The third kappa shape index (κ3) is 3.92. The van der Waals surface area contributed by atoms with Gasteiger partial charge in [0.05, 0.1) is 7.11 Å². The molecule has 0 aromatic heterocycles. The highest BCUT2D eigenvalue weighted by Crippen LogP contribution is 2.43. The fraction of sp³-hybridized carbons (Fsp3) is 0.400. The molecule has 24 heavy (non-hydrogen) atoms. The summed E-state index contributed by atoms with van der Waals surface area (Å²) < 4.78 is 5.01. The van der Waals surface area contributed by atoms with Gasteiger partial charge in [-0.3, -0.25) is 4.90 Å². The molecule has 0 radical (unpaired) electrons. The van der Waals surface area contributed by atoms with E-state index in [-0.39, 0.29) is 0 Å². The molecule has 0 saturated carbocycles. The van der Waals surface area contributed by atoms with Crippen molar-refractivity contribution in [3.05, 3.63) is 53.6 Å². The SMILES string of the molecule is CCN1CCNCC1c1ccc(CCl)cc1.COc1ccc2cc1-2. The van der Waals surface area contributed by atoms with Crippen molar-refractivity contribution in [2.24, 2.45) is 0 Å². The molecule has 4 rings (SSSR count). The van der Waals surface area contributed by atoms with E-state index < -0.39 is 0 Å². The van der Waals surface area contributed by atoms with Crippen LogP contribution in [0.5, 0.6) is 5.75 Å². The summed E-state index contributed by atoms with van der Waals surface area (Å²) in [6.45, 7) is 6.63. The van der Waals surface area contributed by atoms with Crippen LogP contribution in [0.3, 0.4) is 0 Å². The molecule has 4 heteroatoms. The molecule has 1 aromatic rings. The highest BCUT2D eigenvalue weighted by atomic mass is 35.5. The van der Waals surface area contributed by atoms with Gasteiger partial charge in [0.1, 0.15) is 5.75 Å². The third-order valence-corrected chi connectivity index (χ3v) is 5.01. The summed E-state index contributed by atoms with van der Waals surface area (Å²) in [5, 5.41) is 3.46. The summed E-state index contributed by atoms with van der Waals surface area (Å²) in [5.74, 6) is 1.61. The van der Waals surface area contributed by atoms with Crippen LogP contribution < -0.4 is 10.1 Å². The molecule has 1 saturated heterocycles. The lowest BCUT2D eigenvalue weighted by Gasteiger charge is -2.35. The van der Waals surface area contributed by atoms with Gasteiger partial charge in [0, 0.05) is 37.1 Å². The number of alkyl halides is 1. The second-order valence-corrected chi connectivity index (χ2v) is 6.41. The second-order valence-electron chi connectivity index (χ2n) is 6.14. The molecule has 3 aliphatic rings. The van der Waals surface area contributed by atoms with E-state index in [1.165, 1.54) is 22.3 Å². The summed E-state index contributed by atoms with van der Waals surface area (Å²) in [6.07, 6.45) is 0. The summed E-state index contributed by atoms with van der Waals surface area (Å²) in [6, 6.07) is 15.4. The second kappa shape index (κ2) is 8.02. The van der Waals surface area contributed by atoms with Gasteiger partial charge >= 0.3 is 0 Å². The van der Waals surface area contributed by atoms with E-state index in [0.717, 1.165) is 31.9 Å². The molecule has 0 bridgehead atoms. The Morgan fingerprint density at radius 2 is 2.00 bits per heavy atom. The third-order valence-electron chi connectivity index (χ3n) is 4.71. The zero-order valence-electron chi connectivity index (χ0n) is 14.4. The predicted molar refractivity (Wildman–Crippen MR) is 101 cm³/mol. The molecule has 3 nitrogen and oxygen atoms in total. The average molecular weight is 345 g/mol. The van der Waals surface area contributed by atoms with Gasteiger partial charge in [-0.15, -0.1) is 11.6 Å². The summed E-state index contributed by atoms with van der Waals surface area (Å²) >= 11 is 5.80. The maximum absolute atomic E-state index is 5.80. The van der Waals surface area contributed by atoms with Gasteiger partial charge in [-0.25, -0.2) is 0 Å². The number of likely N-dealkylation sites (N-methyl/N-ethyl adjacent to an activating group) is 1. The van der Waals surface area contributed by atoms with E-state index in [4.69, 9.17) is 16.3 Å². The fourth-order valence-corrected chi connectivity index (χ4v) is 3.36. The number of nitrogens with zero attached hydrogens (tertiary/aromatic N) is 1. The van der Waals surface area contributed by atoms with Crippen LogP contribution in [0.2, 0.25) is 0 Å². The van der Waals surface area contributed by atoms with E-state index in [1.807, 2.05) is 6.07 Å². The lowest BCUT2D eigenvalue weighted by molar-refractivity contribution is 0.171. The molecule has 1 fully saturated rings. The van der Waals surface area contributed by atoms with Crippen molar-refractivity contribution >= 4 is 11.6 Å². The zero-order valence-corrected chi connectivity index (χ0v) is 15.1. The number of piperazine rings is 1. The number of nitrogens with one attached hydrogen (secondary N) is 1. The molecule has 0 amide bonds. The van der Waals surface area contributed by atoms with Crippen molar-refractivity contribution in [3.63, 3.8) is 0 Å². The van der Waals surface area contributed by atoms with Crippen LogP contribution in [-0.4, -0.2) is 38.2 Å². The Bertz CT molecular complexity index is 672. The van der Waals surface area contributed by atoms with E-state index in [0.29, 0.717) is 11.9 Å². The van der Waals surface area contributed by atoms with Crippen molar-refractivity contribution in [1.82, 2.24) is 10.2 Å². The predicted octanol–water partition coefficient (Wildman–Crippen LogP) is 4.07. The molecule has 0 spiro atoms. The molecule has 1 aromatic carbocycles. The number of halogens is 1. The Morgan fingerprint density at radius 3 is 2.50 bits per heavy atom. The Labute approximate surface area is 149 Å². The van der Waals surface area contributed by atoms with Crippen molar-refractivity contribution in [2.45, 2.75) is 18.8 Å². The minimum atomic E-state index is 0.517. The number of hydrogen-bond acceptors (Lipinski definition) is 3. The van der Waals surface area contributed by atoms with E-state index >= 15 is 0 Å². The van der Waals surface area contributed by atoms with Gasteiger partial charge in [-0.2, -0.15) is 0 Å². The van der Waals surface area contributed by atoms with Gasteiger partial charge in [-0.05, 0) is 35.4 Å². The Morgan fingerprint density at radius 1 is 1.21 bits per heavy atom. The molecule has 1 atom stereocenters. The lowest BCUT2D eigenvalue weighted by atomic mass is 10.0. The first-order valence-corrected chi connectivity index (χ1v) is 9.08. The largest absolute Gasteiger partial charge is 0.496 e. The number of rotatable bonds is 4. The number of hydrogen-bond donors (Lipinski definition) is 1. The molecule has 128 valence electrons. The maximum Gasteiger partial charge on any atom is 0.126 e. The molecule has 1 heterocycles. The van der Waals surface area contributed by atoms with Crippen molar-refractivity contribution in [3.8, 4) is 16.9 Å². The smallest absolute Gasteiger partial charge is 0.126 e. The van der Waals surface area contributed by atoms with Crippen LogP contribution in [0.4, 0.5) is 0 Å². The number of ether oxygens (including phenoxy) is 1. The minimum Gasteiger partial charge on any atom is -0.496 e. The van der Waals surface area contributed by atoms with Crippen molar-refractivity contribution < 1.29 is 4.74 Å². The van der Waals surface area contributed by atoms with Crippen molar-refractivity contribution in [1.29, 1.82) is 0 Å². The number of methoxy groups -OCH3 is 1. The quantitative estimate of drug-likeness (QED) is 0.722. The molecule has 1 aliphatic heterocycles.